The van der Waals surface area contributed by atoms with E-state index >= 15 is 0 Å². The Morgan fingerprint density at radius 3 is 2.08 bits per heavy atom. The molecule has 0 unspecified atom stereocenters. The van der Waals surface area contributed by atoms with Gasteiger partial charge in [0.2, 0.25) is 0 Å². The maximum absolute atomic E-state index is 9.04. The van der Waals surface area contributed by atoms with Crippen LogP contribution in [-0.4, -0.2) is 8.32 Å². The van der Waals surface area contributed by atoms with E-state index in [0.29, 0.717) is 22.6 Å². The van der Waals surface area contributed by atoms with Crippen LogP contribution in [0.1, 0.15) is 54.0 Å². The summed E-state index contributed by atoms with van der Waals surface area (Å²) in [6, 6.07) is 34.7. The van der Waals surface area contributed by atoms with Gasteiger partial charge in [0.25, 0.3) is 8.32 Å². The lowest BCUT2D eigenvalue weighted by molar-refractivity contribution is 0.464. The van der Waals surface area contributed by atoms with Gasteiger partial charge in [-0.2, -0.15) is 0 Å². The minimum atomic E-state index is -2.91. The number of ether oxygens (including phenoxy) is 1. The number of rotatable bonds is 3. The van der Waals surface area contributed by atoms with E-state index in [1.165, 1.54) is 17.7 Å². The van der Waals surface area contributed by atoms with Crippen LogP contribution in [0, 0.1) is 20.6 Å². The molecule has 0 amide bonds. The van der Waals surface area contributed by atoms with E-state index in [0.717, 1.165) is 20.5 Å². The van der Waals surface area contributed by atoms with Crippen LogP contribution < -0.4 is 14.3 Å². The lowest BCUT2D eigenvalue weighted by Crippen LogP contribution is -2.47. The van der Waals surface area contributed by atoms with E-state index in [-0.39, 0.29) is 50.1 Å². The molecule has 8 rings (SSSR count). The van der Waals surface area contributed by atoms with Crippen molar-refractivity contribution in [3.8, 4) is 50.6 Å². The van der Waals surface area contributed by atoms with E-state index in [2.05, 4.69) is 32.0 Å². The van der Waals surface area contributed by atoms with E-state index in [1.54, 1.807) is 48.2 Å². The molecule has 0 N–H and O–H groups in total. The molecule has 0 radical (unpaired) electrons. The second-order valence-electron chi connectivity index (χ2n) is 13.4. The number of fused-ring (bicyclic) bond motifs is 4. The number of aryl methyl sites for hydroxylation is 1. The first-order valence-corrected chi connectivity index (χ1v) is 19.7. The Morgan fingerprint density at radius 1 is 0.604 bits per heavy atom. The average Bonchev–Trinajstić information content (AvgIpc) is 3.25. The fraction of sp³-hybridized carbons (Fsp3) is 0.182. The molecule has 6 aromatic rings. The molecule has 0 saturated heterocycles. The summed E-state index contributed by atoms with van der Waals surface area (Å²) >= 11 is 1.59. The molecule has 0 atom stereocenters. The topological polar surface area (TPSA) is 18.5 Å². The van der Waals surface area contributed by atoms with Crippen molar-refractivity contribution >= 4 is 25.3 Å². The molecule has 0 fully saturated rings. The SMILES string of the molecule is [2H]C([2H])([2H])c1ccc(-c2cccc(-c3cccc4c3Sc3ccccc3C4(C)C)c2C([2H])([2H])[2H])c(C([2H])([2H])[2H])c1-c1cccc2c1Oc1ccccc1[Si](C)(C)O2. The quantitative estimate of drug-likeness (QED) is 0.175. The zero-order valence-corrected chi connectivity index (χ0v) is 29.0. The molecule has 2 nitrogen and oxygen atoms in total. The van der Waals surface area contributed by atoms with Crippen molar-refractivity contribution in [2.45, 2.75) is 62.7 Å². The third-order valence-corrected chi connectivity index (χ3v) is 13.3. The zero-order valence-electron chi connectivity index (χ0n) is 36.2. The minimum Gasteiger partial charge on any atom is -0.537 e. The lowest BCUT2D eigenvalue weighted by Gasteiger charge is -2.35. The number of benzene rings is 6. The highest BCUT2D eigenvalue weighted by molar-refractivity contribution is 7.99. The standard InChI is InChI=1S/C44H40O2SSi/c1-27-25-26-32(29(3)41(27)34-18-14-22-38-42(34)45-37-21-9-11-24-40(37)48(6,7)46-38)30-15-12-16-31(28(30)2)33-17-13-20-36-43(33)47-39-23-10-8-19-35(39)44(36,4)5/h8-26H,1-7H3/i1D3,2D3,3D3. The first kappa shape index (κ1) is 22.2. The summed E-state index contributed by atoms with van der Waals surface area (Å²) < 4.78 is 93.3. The van der Waals surface area contributed by atoms with Gasteiger partial charge in [-0.3, -0.25) is 0 Å². The highest BCUT2D eigenvalue weighted by Gasteiger charge is 2.36. The van der Waals surface area contributed by atoms with Crippen molar-refractivity contribution < 1.29 is 21.5 Å². The first-order valence-electron chi connectivity index (χ1n) is 20.5. The Bertz CT molecular complexity index is 2590. The molecule has 0 spiro atoms. The maximum atomic E-state index is 9.04. The molecule has 48 heavy (non-hydrogen) atoms. The average molecular weight is 670 g/mol. The smallest absolute Gasteiger partial charge is 0.280 e. The second kappa shape index (κ2) is 11.3. The molecule has 2 aliphatic rings. The molecule has 6 aromatic carbocycles. The third-order valence-electron chi connectivity index (χ3n) is 9.67. The Labute approximate surface area is 302 Å². The van der Waals surface area contributed by atoms with Crippen LogP contribution in [0.25, 0.3) is 33.4 Å². The highest BCUT2D eigenvalue weighted by atomic mass is 32.2. The Hall–Kier alpha value is -4.51. The van der Waals surface area contributed by atoms with Gasteiger partial charge in [-0.25, -0.2) is 0 Å². The van der Waals surface area contributed by atoms with Crippen LogP contribution in [0.5, 0.6) is 17.2 Å². The molecule has 238 valence electrons. The summed E-state index contributed by atoms with van der Waals surface area (Å²) in [5, 5.41) is 0.889. The van der Waals surface area contributed by atoms with E-state index in [4.69, 9.17) is 21.5 Å². The molecule has 0 bridgehead atoms. The van der Waals surface area contributed by atoms with Crippen LogP contribution in [0.2, 0.25) is 13.1 Å². The highest BCUT2D eigenvalue weighted by Crippen LogP contribution is 2.53. The normalized spacial score (nSPS) is 18.7. The lowest BCUT2D eigenvalue weighted by atomic mass is 9.76. The maximum Gasteiger partial charge on any atom is 0.280 e. The predicted molar refractivity (Wildman–Crippen MR) is 204 cm³/mol. The van der Waals surface area contributed by atoms with Crippen LogP contribution >= 0.6 is 11.8 Å². The van der Waals surface area contributed by atoms with E-state index in [1.807, 2.05) is 61.6 Å². The number of hydrogen-bond acceptors (Lipinski definition) is 3. The molecular weight excluding hydrogens is 621 g/mol. The van der Waals surface area contributed by atoms with Crippen LogP contribution in [0.15, 0.2) is 125 Å². The van der Waals surface area contributed by atoms with Crippen LogP contribution in [0.4, 0.5) is 0 Å². The number of hydrogen-bond donors (Lipinski definition) is 0. The van der Waals surface area contributed by atoms with Gasteiger partial charge in [-0.15, -0.1) is 0 Å². The molecule has 4 heteroatoms. The molecule has 0 saturated carbocycles. The van der Waals surface area contributed by atoms with Crippen LogP contribution in [-0.2, 0) is 5.41 Å². The Morgan fingerprint density at radius 2 is 1.25 bits per heavy atom. The van der Waals surface area contributed by atoms with Gasteiger partial charge in [0.05, 0.1) is 0 Å². The molecule has 2 heterocycles. The third kappa shape index (κ3) is 4.76. The molecule has 0 aromatic heterocycles. The minimum absolute atomic E-state index is 0.0260. The molecular formula is C44H40O2SSi. The van der Waals surface area contributed by atoms with Gasteiger partial charge in [0.15, 0.2) is 5.75 Å². The molecule has 2 aliphatic heterocycles. The summed E-state index contributed by atoms with van der Waals surface area (Å²) in [6.07, 6.45) is 0. The van der Waals surface area contributed by atoms with Crippen molar-refractivity contribution in [2.24, 2.45) is 0 Å². The fourth-order valence-electron chi connectivity index (χ4n) is 7.18. The first-order chi connectivity index (χ1) is 26.7. The largest absolute Gasteiger partial charge is 0.537 e. The van der Waals surface area contributed by atoms with Crippen molar-refractivity contribution in [2.75, 3.05) is 0 Å². The van der Waals surface area contributed by atoms with Crippen molar-refractivity contribution in [3.63, 3.8) is 0 Å². The summed E-state index contributed by atoms with van der Waals surface area (Å²) in [5.41, 5.74) is 2.91. The number of para-hydroxylation sites is 2. The second-order valence-corrected chi connectivity index (χ2v) is 18.2. The van der Waals surface area contributed by atoms with Gasteiger partial charge in [0, 0.05) is 38.3 Å². The fourth-order valence-corrected chi connectivity index (χ4v) is 10.7. The summed E-state index contributed by atoms with van der Waals surface area (Å²) in [7, 11) is -2.62. The summed E-state index contributed by atoms with van der Waals surface area (Å²) in [6.45, 7) is 0.00178. The van der Waals surface area contributed by atoms with Gasteiger partial charge in [-0.05, 0) is 107 Å². The molecule has 0 aliphatic carbocycles. The van der Waals surface area contributed by atoms with Gasteiger partial charge >= 0.3 is 0 Å². The summed E-state index contributed by atoms with van der Waals surface area (Å²) in [4.78, 5) is 2.00. The van der Waals surface area contributed by atoms with Gasteiger partial charge in [-0.1, -0.05) is 123 Å². The van der Waals surface area contributed by atoms with Crippen molar-refractivity contribution in [1.82, 2.24) is 0 Å². The summed E-state index contributed by atoms with van der Waals surface area (Å²) in [5.74, 6) is 1.09. The Kier molecular flexibility index (Phi) is 5.22. The predicted octanol–water partition coefficient (Wildman–Crippen LogP) is 12.0. The van der Waals surface area contributed by atoms with Crippen LogP contribution in [0.3, 0.4) is 0 Å². The Balaban J connectivity index is 1.43. The van der Waals surface area contributed by atoms with E-state index < -0.39 is 28.9 Å². The van der Waals surface area contributed by atoms with Crippen molar-refractivity contribution in [3.05, 3.63) is 143 Å². The van der Waals surface area contributed by atoms with E-state index in [9.17, 15) is 0 Å². The van der Waals surface area contributed by atoms with Gasteiger partial charge < -0.3 is 9.16 Å². The monoisotopic (exact) mass is 669 g/mol. The van der Waals surface area contributed by atoms with Crippen molar-refractivity contribution in [1.29, 1.82) is 0 Å². The zero-order chi connectivity index (χ0) is 40.9. The van der Waals surface area contributed by atoms with Gasteiger partial charge in [0.1, 0.15) is 11.5 Å².